The molecule has 1 saturated heterocycles. The summed E-state index contributed by atoms with van der Waals surface area (Å²) in [5.41, 5.74) is 6.89. The number of carbonyl (C=O) groups is 1. The summed E-state index contributed by atoms with van der Waals surface area (Å²) in [5, 5.41) is 3.22. The average molecular weight is 346 g/mol. The zero-order valence-corrected chi connectivity index (χ0v) is 15.4. The maximum Gasteiger partial charge on any atom is 0.232 e. The highest BCUT2D eigenvalue weighted by atomic mass is 16.2. The number of piperidine rings is 1. The van der Waals surface area contributed by atoms with Gasteiger partial charge in [-0.2, -0.15) is 9.97 Å². The average Bonchev–Trinajstić information content (AvgIpc) is 2.92. The molecule has 7 nitrogen and oxygen atoms in total. The van der Waals surface area contributed by atoms with Crippen LogP contribution in [0.1, 0.15) is 45.1 Å². The molecule has 7 heteroatoms. The Morgan fingerprint density at radius 3 is 2.92 bits per heavy atom. The van der Waals surface area contributed by atoms with E-state index in [1.165, 1.54) is 6.42 Å². The smallest absolute Gasteiger partial charge is 0.232 e. The number of nitrogens with one attached hydrogen (secondary N) is 1. The highest BCUT2D eigenvalue weighted by Crippen LogP contribution is 2.33. The van der Waals surface area contributed by atoms with Gasteiger partial charge in [0.05, 0.1) is 6.42 Å². The lowest BCUT2D eigenvalue weighted by atomic mass is 9.97. The number of hydrogen-bond donors (Lipinski definition) is 2. The van der Waals surface area contributed by atoms with Crippen molar-refractivity contribution in [2.75, 3.05) is 48.7 Å². The Morgan fingerprint density at radius 1 is 1.32 bits per heavy atom. The number of nitrogen functional groups attached to an aromatic ring is 1. The molecule has 1 fully saturated rings. The summed E-state index contributed by atoms with van der Waals surface area (Å²) in [7, 11) is 0. The van der Waals surface area contributed by atoms with E-state index in [4.69, 9.17) is 5.73 Å². The second-order valence-corrected chi connectivity index (χ2v) is 7.10. The van der Waals surface area contributed by atoms with Gasteiger partial charge in [0.2, 0.25) is 11.9 Å². The summed E-state index contributed by atoms with van der Waals surface area (Å²) in [6, 6.07) is 0. The molecule has 0 saturated carbocycles. The van der Waals surface area contributed by atoms with Crippen LogP contribution in [0.2, 0.25) is 0 Å². The molecule has 0 radical (unpaired) electrons. The summed E-state index contributed by atoms with van der Waals surface area (Å²) in [5.74, 6) is 2.26. The Bertz CT molecular complexity index is 620. The molecule has 3 N–H and O–H groups in total. The molecular formula is C18H30N6O. The van der Waals surface area contributed by atoms with Gasteiger partial charge in [-0.05, 0) is 38.3 Å². The third-order valence-corrected chi connectivity index (χ3v) is 5.21. The van der Waals surface area contributed by atoms with Crippen molar-refractivity contribution in [1.29, 1.82) is 0 Å². The van der Waals surface area contributed by atoms with Gasteiger partial charge in [0.1, 0.15) is 11.6 Å². The van der Waals surface area contributed by atoms with Crippen molar-refractivity contribution < 1.29 is 4.79 Å². The van der Waals surface area contributed by atoms with Crippen LogP contribution in [0.5, 0.6) is 0 Å². The number of carbonyl (C=O) groups excluding carboxylic acids is 1. The lowest BCUT2D eigenvalue weighted by Crippen LogP contribution is -2.42. The van der Waals surface area contributed by atoms with Crippen molar-refractivity contribution in [3.05, 3.63) is 5.56 Å². The van der Waals surface area contributed by atoms with Crippen LogP contribution >= 0.6 is 0 Å². The van der Waals surface area contributed by atoms with Gasteiger partial charge in [0, 0.05) is 25.2 Å². The van der Waals surface area contributed by atoms with E-state index in [0.29, 0.717) is 29.9 Å². The molecule has 1 aromatic rings. The molecule has 0 spiro atoms. The first kappa shape index (κ1) is 17.9. The highest BCUT2D eigenvalue weighted by molar-refractivity contribution is 6.01. The monoisotopic (exact) mass is 346 g/mol. The minimum Gasteiger partial charge on any atom is -0.383 e. The SMILES string of the molecule is CCCCNc1nc(N)c2c(n1)N(CC1CCCN(CC)C1)C(=O)C2. The second kappa shape index (κ2) is 7.99. The highest BCUT2D eigenvalue weighted by Gasteiger charge is 2.34. The van der Waals surface area contributed by atoms with Gasteiger partial charge < -0.3 is 16.0 Å². The van der Waals surface area contributed by atoms with E-state index < -0.39 is 0 Å². The van der Waals surface area contributed by atoms with E-state index >= 15 is 0 Å². The first-order valence-corrected chi connectivity index (χ1v) is 9.55. The number of nitrogens with zero attached hydrogens (tertiary/aromatic N) is 4. The third kappa shape index (κ3) is 4.03. The topological polar surface area (TPSA) is 87.4 Å². The Balaban J connectivity index is 1.75. The van der Waals surface area contributed by atoms with Crippen LogP contribution in [-0.2, 0) is 11.2 Å². The summed E-state index contributed by atoms with van der Waals surface area (Å²) >= 11 is 0. The van der Waals surface area contributed by atoms with Crippen LogP contribution in [0.25, 0.3) is 0 Å². The first-order chi connectivity index (χ1) is 12.1. The molecule has 1 aromatic heterocycles. The van der Waals surface area contributed by atoms with E-state index in [9.17, 15) is 4.79 Å². The Hall–Kier alpha value is -1.89. The van der Waals surface area contributed by atoms with Gasteiger partial charge in [0.15, 0.2) is 0 Å². The van der Waals surface area contributed by atoms with Gasteiger partial charge in [-0.3, -0.25) is 9.69 Å². The Kier molecular flexibility index (Phi) is 5.73. The lowest BCUT2D eigenvalue weighted by Gasteiger charge is -2.33. The van der Waals surface area contributed by atoms with Crippen LogP contribution in [0.15, 0.2) is 0 Å². The lowest BCUT2D eigenvalue weighted by molar-refractivity contribution is -0.117. The molecular weight excluding hydrogens is 316 g/mol. The normalized spacial score (nSPS) is 20.8. The summed E-state index contributed by atoms with van der Waals surface area (Å²) < 4.78 is 0. The van der Waals surface area contributed by atoms with Gasteiger partial charge in [0.25, 0.3) is 0 Å². The van der Waals surface area contributed by atoms with Crippen molar-refractivity contribution in [3.8, 4) is 0 Å². The number of anilines is 3. The number of nitrogens with two attached hydrogens (primary N) is 1. The number of amides is 1. The predicted molar refractivity (Wildman–Crippen MR) is 101 cm³/mol. The van der Waals surface area contributed by atoms with Gasteiger partial charge >= 0.3 is 0 Å². The molecule has 2 aliphatic rings. The van der Waals surface area contributed by atoms with E-state index in [-0.39, 0.29) is 5.91 Å². The molecule has 138 valence electrons. The number of aromatic nitrogens is 2. The number of rotatable bonds is 7. The molecule has 1 atom stereocenters. The zero-order chi connectivity index (χ0) is 17.8. The van der Waals surface area contributed by atoms with Crippen LogP contribution in [-0.4, -0.2) is 53.5 Å². The molecule has 0 aromatic carbocycles. The zero-order valence-electron chi connectivity index (χ0n) is 15.4. The minimum absolute atomic E-state index is 0.0929. The van der Waals surface area contributed by atoms with E-state index in [1.54, 1.807) is 0 Å². The number of likely N-dealkylation sites (tertiary alicyclic amines) is 1. The summed E-state index contributed by atoms with van der Waals surface area (Å²) in [6.07, 6.45) is 4.84. The van der Waals surface area contributed by atoms with Crippen LogP contribution in [0, 0.1) is 5.92 Å². The molecule has 2 aliphatic heterocycles. The Morgan fingerprint density at radius 2 is 2.16 bits per heavy atom. The Labute approximate surface area is 150 Å². The molecule has 1 unspecified atom stereocenters. The maximum atomic E-state index is 12.5. The fraction of sp³-hybridized carbons (Fsp3) is 0.722. The van der Waals surface area contributed by atoms with E-state index in [0.717, 1.165) is 57.5 Å². The van der Waals surface area contributed by atoms with Crippen molar-refractivity contribution >= 4 is 23.5 Å². The molecule has 3 heterocycles. The quantitative estimate of drug-likeness (QED) is 0.733. The van der Waals surface area contributed by atoms with Crippen LogP contribution in [0.3, 0.4) is 0 Å². The maximum absolute atomic E-state index is 12.5. The minimum atomic E-state index is 0.0929. The molecule has 3 rings (SSSR count). The van der Waals surface area contributed by atoms with Crippen molar-refractivity contribution in [2.45, 2.75) is 46.0 Å². The van der Waals surface area contributed by atoms with Crippen molar-refractivity contribution in [3.63, 3.8) is 0 Å². The van der Waals surface area contributed by atoms with Crippen molar-refractivity contribution in [1.82, 2.24) is 14.9 Å². The van der Waals surface area contributed by atoms with E-state index in [2.05, 4.69) is 34.0 Å². The number of hydrogen-bond acceptors (Lipinski definition) is 6. The largest absolute Gasteiger partial charge is 0.383 e. The van der Waals surface area contributed by atoms with Gasteiger partial charge in [-0.25, -0.2) is 0 Å². The fourth-order valence-electron chi connectivity index (χ4n) is 3.74. The number of fused-ring (bicyclic) bond motifs is 1. The first-order valence-electron chi connectivity index (χ1n) is 9.55. The summed E-state index contributed by atoms with van der Waals surface area (Å²) in [6.45, 7) is 9.17. The van der Waals surface area contributed by atoms with Crippen molar-refractivity contribution in [2.24, 2.45) is 5.92 Å². The number of unbranched alkanes of at least 4 members (excludes halogenated alkanes) is 1. The van der Waals surface area contributed by atoms with E-state index in [1.807, 2.05) is 4.90 Å². The predicted octanol–water partition coefficient (Wildman–Crippen LogP) is 1.89. The standard InChI is InChI=1S/C18H30N6O/c1-3-5-8-20-18-21-16(19)14-10-15(25)24(17(14)22-18)12-13-7-6-9-23(4-2)11-13/h13H,3-12H2,1-2H3,(H3,19,20,21,22). The van der Waals surface area contributed by atoms with Gasteiger partial charge in [-0.15, -0.1) is 0 Å². The van der Waals surface area contributed by atoms with Crippen LogP contribution in [0.4, 0.5) is 17.6 Å². The van der Waals surface area contributed by atoms with Gasteiger partial charge in [-0.1, -0.05) is 20.3 Å². The molecule has 0 aliphatic carbocycles. The molecule has 0 bridgehead atoms. The summed E-state index contributed by atoms with van der Waals surface area (Å²) in [4.78, 5) is 25.8. The molecule has 1 amide bonds. The second-order valence-electron chi connectivity index (χ2n) is 7.10. The fourth-order valence-corrected chi connectivity index (χ4v) is 3.74. The van der Waals surface area contributed by atoms with Crippen LogP contribution < -0.4 is 16.0 Å². The molecule has 25 heavy (non-hydrogen) atoms. The third-order valence-electron chi connectivity index (χ3n) is 5.21.